The third-order valence-corrected chi connectivity index (χ3v) is 3.40. The van der Waals surface area contributed by atoms with Gasteiger partial charge >= 0.3 is 0 Å². The molecule has 0 spiro atoms. The zero-order valence-electron chi connectivity index (χ0n) is 10.2. The maximum atomic E-state index is 11.6. The number of carbonyl (C=O) groups is 1. The highest BCUT2D eigenvalue weighted by Gasteiger charge is 2.36. The second kappa shape index (κ2) is 4.52. The van der Waals surface area contributed by atoms with Gasteiger partial charge in [-0.25, -0.2) is 0 Å². The number of amides is 1. The fourth-order valence-corrected chi connectivity index (χ4v) is 2.22. The van der Waals surface area contributed by atoms with Crippen molar-refractivity contribution in [2.24, 2.45) is 11.1 Å². The second-order valence-electron chi connectivity index (χ2n) is 5.51. The first kappa shape index (κ1) is 12.5. The molecule has 1 amide bonds. The molecule has 1 rings (SSSR count). The Kier molecular flexibility index (Phi) is 3.77. The van der Waals surface area contributed by atoms with Crippen molar-refractivity contribution < 1.29 is 4.79 Å². The fourth-order valence-electron chi connectivity index (χ4n) is 2.22. The molecular formula is C12H24N2O. The number of nitrogens with one attached hydrogen (secondary N) is 1. The maximum absolute atomic E-state index is 11.6. The normalized spacial score (nSPS) is 19.5. The van der Waals surface area contributed by atoms with Gasteiger partial charge < -0.3 is 11.1 Å². The lowest BCUT2D eigenvalue weighted by Crippen LogP contribution is -2.52. The number of hydrogen-bond donors (Lipinski definition) is 2. The van der Waals surface area contributed by atoms with E-state index in [1.165, 1.54) is 32.1 Å². The van der Waals surface area contributed by atoms with E-state index < -0.39 is 5.54 Å². The first-order valence-electron chi connectivity index (χ1n) is 5.97. The van der Waals surface area contributed by atoms with E-state index in [4.69, 9.17) is 5.73 Å². The van der Waals surface area contributed by atoms with Crippen LogP contribution in [0.15, 0.2) is 0 Å². The summed E-state index contributed by atoms with van der Waals surface area (Å²) in [5.41, 5.74) is 5.36. The van der Waals surface area contributed by atoms with Crippen LogP contribution >= 0.6 is 0 Å². The summed E-state index contributed by atoms with van der Waals surface area (Å²) in [6, 6.07) is 0. The minimum Gasteiger partial charge on any atom is -0.354 e. The van der Waals surface area contributed by atoms with Gasteiger partial charge in [0.05, 0.1) is 5.54 Å². The van der Waals surface area contributed by atoms with Crippen LogP contribution in [-0.2, 0) is 4.79 Å². The topological polar surface area (TPSA) is 55.1 Å². The van der Waals surface area contributed by atoms with Crippen molar-refractivity contribution in [2.75, 3.05) is 6.54 Å². The Morgan fingerprint density at radius 2 is 2.07 bits per heavy atom. The van der Waals surface area contributed by atoms with Crippen LogP contribution in [0.2, 0.25) is 0 Å². The van der Waals surface area contributed by atoms with Gasteiger partial charge in [0.25, 0.3) is 0 Å². The second-order valence-corrected chi connectivity index (χ2v) is 5.51. The Morgan fingerprint density at radius 3 is 2.40 bits per heavy atom. The third-order valence-electron chi connectivity index (χ3n) is 3.40. The molecule has 3 heteroatoms. The quantitative estimate of drug-likeness (QED) is 0.730. The Hall–Kier alpha value is -0.570. The van der Waals surface area contributed by atoms with Crippen molar-refractivity contribution in [3.8, 4) is 0 Å². The standard InChI is InChI=1S/C12H24N2O/c1-4-6-12(7-5-8-12)9-14-10(15)11(2,3)13/h4-9,13H2,1-3H3,(H,14,15). The number of rotatable bonds is 5. The van der Waals surface area contributed by atoms with Crippen LogP contribution in [-0.4, -0.2) is 18.0 Å². The van der Waals surface area contributed by atoms with Gasteiger partial charge in [-0.15, -0.1) is 0 Å². The van der Waals surface area contributed by atoms with Gasteiger partial charge in [-0.1, -0.05) is 19.8 Å². The van der Waals surface area contributed by atoms with E-state index in [2.05, 4.69) is 12.2 Å². The lowest BCUT2D eigenvalue weighted by molar-refractivity contribution is -0.126. The SMILES string of the molecule is CCCC1(CNC(=O)C(C)(C)N)CCC1. The Labute approximate surface area is 92.8 Å². The van der Waals surface area contributed by atoms with Crippen LogP contribution in [0.4, 0.5) is 0 Å². The van der Waals surface area contributed by atoms with Crippen LogP contribution < -0.4 is 11.1 Å². The van der Waals surface area contributed by atoms with Crippen LogP contribution in [0, 0.1) is 5.41 Å². The summed E-state index contributed by atoms with van der Waals surface area (Å²) in [4.78, 5) is 11.6. The van der Waals surface area contributed by atoms with Gasteiger partial charge in [-0.05, 0) is 38.5 Å². The summed E-state index contributed by atoms with van der Waals surface area (Å²) in [6.07, 6.45) is 6.24. The minimum atomic E-state index is -0.753. The zero-order valence-corrected chi connectivity index (χ0v) is 10.2. The molecule has 0 saturated heterocycles. The highest BCUT2D eigenvalue weighted by Crippen LogP contribution is 2.44. The van der Waals surface area contributed by atoms with E-state index in [-0.39, 0.29) is 5.91 Å². The predicted octanol–water partition coefficient (Wildman–Crippen LogP) is 1.81. The van der Waals surface area contributed by atoms with Gasteiger partial charge in [-0.2, -0.15) is 0 Å². The van der Waals surface area contributed by atoms with Crippen molar-refractivity contribution in [3.05, 3.63) is 0 Å². The fraction of sp³-hybridized carbons (Fsp3) is 0.917. The molecule has 0 atom stereocenters. The molecule has 0 heterocycles. The highest BCUT2D eigenvalue weighted by atomic mass is 16.2. The zero-order chi connectivity index (χ0) is 11.5. The molecule has 0 aromatic rings. The van der Waals surface area contributed by atoms with Crippen molar-refractivity contribution in [1.82, 2.24) is 5.32 Å². The number of hydrogen-bond acceptors (Lipinski definition) is 2. The van der Waals surface area contributed by atoms with Gasteiger partial charge in [0, 0.05) is 6.54 Å². The molecule has 0 unspecified atom stereocenters. The molecule has 0 aromatic carbocycles. The van der Waals surface area contributed by atoms with Gasteiger partial charge in [-0.3, -0.25) is 4.79 Å². The molecular weight excluding hydrogens is 188 g/mol. The first-order chi connectivity index (χ1) is 6.90. The molecule has 0 aliphatic heterocycles. The van der Waals surface area contributed by atoms with E-state index in [9.17, 15) is 4.79 Å². The van der Waals surface area contributed by atoms with Crippen LogP contribution in [0.3, 0.4) is 0 Å². The Morgan fingerprint density at radius 1 is 1.47 bits per heavy atom. The van der Waals surface area contributed by atoms with E-state index in [1.54, 1.807) is 13.8 Å². The maximum Gasteiger partial charge on any atom is 0.239 e. The van der Waals surface area contributed by atoms with Gasteiger partial charge in [0.15, 0.2) is 0 Å². The first-order valence-corrected chi connectivity index (χ1v) is 5.97. The number of nitrogens with two attached hydrogens (primary N) is 1. The molecule has 15 heavy (non-hydrogen) atoms. The average molecular weight is 212 g/mol. The molecule has 3 N–H and O–H groups in total. The van der Waals surface area contributed by atoms with E-state index in [1.807, 2.05) is 0 Å². The molecule has 3 nitrogen and oxygen atoms in total. The summed E-state index contributed by atoms with van der Waals surface area (Å²) in [5, 5.41) is 2.99. The summed E-state index contributed by atoms with van der Waals surface area (Å²) in [6.45, 7) is 6.50. The third kappa shape index (κ3) is 3.20. The molecule has 1 aliphatic carbocycles. The predicted molar refractivity (Wildman–Crippen MR) is 62.5 cm³/mol. The van der Waals surface area contributed by atoms with Gasteiger partial charge in [0.1, 0.15) is 0 Å². The summed E-state index contributed by atoms with van der Waals surface area (Å²) >= 11 is 0. The van der Waals surface area contributed by atoms with Gasteiger partial charge in [0.2, 0.25) is 5.91 Å². The molecule has 1 saturated carbocycles. The highest BCUT2D eigenvalue weighted by molar-refractivity contribution is 5.85. The summed E-state index contributed by atoms with van der Waals surface area (Å²) < 4.78 is 0. The molecule has 0 radical (unpaired) electrons. The average Bonchev–Trinajstić information content (AvgIpc) is 2.07. The van der Waals surface area contributed by atoms with E-state index in [0.717, 1.165) is 6.54 Å². The smallest absolute Gasteiger partial charge is 0.239 e. The van der Waals surface area contributed by atoms with Crippen molar-refractivity contribution in [3.63, 3.8) is 0 Å². The van der Waals surface area contributed by atoms with Crippen LogP contribution in [0.5, 0.6) is 0 Å². The summed E-state index contributed by atoms with van der Waals surface area (Å²) in [5.74, 6) is -0.0371. The summed E-state index contributed by atoms with van der Waals surface area (Å²) in [7, 11) is 0. The monoisotopic (exact) mass is 212 g/mol. The molecule has 88 valence electrons. The minimum absolute atomic E-state index is 0.0371. The van der Waals surface area contributed by atoms with Crippen LogP contribution in [0.1, 0.15) is 52.9 Å². The van der Waals surface area contributed by atoms with Crippen LogP contribution in [0.25, 0.3) is 0 Å². The molecule has 1 fully saturated rings. The molecule has 1 aliphatic rings. The van der Waals surface area contributed by atoms with E-state index >= 15 is 0 Å². The molecule has 0 bridgehead atoms. The lowest BCUT2D eigenvalue weighted by atomic mass is 9.66. The van der Waals surface area contributed by atoms with Crippen molar-refractivity contribution >= 4 is 5.91 Å². The number of carbonyl (C=O) groups excluding carboxylic acids is 1. The Bertz CT molecular complexity index is 226. The van der Waals surface area contributed by atoms with Crippen molar-refractivity contribution in [1.29, 1.82) is 0 Å². The molecule has 0 aromatic heterocycles. The van der Waals surface area contributed by atoms with E-state index in [0.29, 0.717) is 5.41 Å². The lowest BCUT2D eigenvalue weighted by Gasteiger charge is -2.42. The Balaban J connectivity index is 2.38. The van der Waals surface area contributed by atoms with Crippen molar-refractivity contribution in [2.45, 2.75) is 58.4 Å². The largest absolute Gasteiger partial charge is 0.354 e.